The lowest BCUT2D eigenvalue weighted by atomic mass is 9.98. The van der Waals surface area contributed by atoms with Crippen LogP contribution in [-0.2, 0) is 33.8 Å². The molecular formula is C41H52N8O4. The van der Waals surface area contributed by atoms with Crippen LogP contribution in [-0.4, -0.2) is 141 Å². The molecule has 0 bridgehead atoms. The van der Waals surface area contributed by atoms with Crippen molar-refractivity contribution >= 4 is 23.5 Å². The zero-order valence-electron chi connectivity index (χ0n) is 31.0. The standard InChI is InChI=1S/C41H52N8O4/c1-4-20-47-29-40(52)48-36(23-32-14-17-35(50)18-15-32)41(53)46(28-38(48)49(47)39(51)19-16-31-10-7-6-8-11-31)25-33-12-9-13-37(42-33)45-26-34(27-45)44-22-21-43(5-2)30(3)24-44/h4,6-15,17-18,30,34,36,38,50H,1,5,16,19-29H2,2-3H3/t30-,36-,38?/m0/s1. The molecule has 280 valence electrons. The molecule has 1 aromatic heterocycles. The number of phenols is 1. The Bertz CT molecular complexity index is 1770. The van der Waals surface area contributed by atoms with E-state index < -0.39 is 12.2 Å². The first-order chi connectivity index (χ1) is 25.7. The molecule has 0 radical (unpaired) electrons. The van der Waals surface area contributed by atoms with Crippen LogP contribution in [0.1, 0.15) is 37.1 Å². The number of hydrogen-bond acceptors (Lipinski definition) is 9. The van der Waals surface area contributed by atoms with Crippen molar-refractivity contribution in [3.8, 4) is 5.75 Å². The summed E-state index contributed by atoms with van der Waals surface area (Å²) in [4.78, 5) is 58.5. The molecule has 7 rings (SSSR count). The quantitative estimate of drug-likeness (QED) is 0.283. The highest BCUT2D eigenvalue weighted by atomic mass is 16.3. The molecule has 5 heterocycles. The highest BCUT2D eigenvalue weighted by Gasteiger charge is 2.51. The molecule has 2 aromatic carbocycles. The number of likely N-dealkylation sites (N-methyl/N-ethyl adjacent to an activating group) is 1. The fourth-order valence-electron chi connectivity index (χ4n) is 8.39. The van der Waals surface area contributed by atoms with Crippen molar-refractivity contribution in [2.75, 3.05) is 63.8 Å². The van der Waals surface area contributed by atoms with Crippen molar-refractivity contribution in [3.63, 3.8) is 0 Å². The minimum Gasteiger partial charge on any atom is -0.508 e. The Hall–Kier alpha value is -4.78. The molecule has 4 fully saturated rings. The van der Waals surface area contributed by atoms with Crippen LogP contribution in [0.2, 0.25) is 0 Å². The fraction of sp³-hybridized carbons (Fsp3) is 0.463. The van der Waals surface area contributed by atoms with Gasteiger partial charge in [0.25, 0.3) is 0 Å². The van der Waals surface area contributed by atoms with Crippen molar-refractivity contribution in [2.24, 2.45) is 0 Å². The molecule has 4 saturated heterocycles. The van der Waals surface area contributed by atoms with Gasteiger partial charge in [-0.25, -0.2) is 15.0 Å². The molecule has 4 aliphatic heterocycles. The largest absolute Gasteiger partial charge is 0.508 e. The Kier molecular flexibility index (Phi) is 11.1. The third-order valence-corrected chi connectivity index (χ3v) is 11.3. The molecule has 0 aliphatic carbocycles. The molecule has 4 aliphatic rings. The number of amides is 3. The first-order valence-corrected chi connectivity index (χ1v) is 19.0. The predicted molar refractivity (Wildman–Crippen MR) is 204 cm³/mol. The van der Waals surface area contributed by atoms with E-state index in [4.69, 9.17) is 4.98 Å². The summed E-state index contributed by atoms with van der Waals surface area (Å²) in [5, 5.41) is 13.4. The SMILES string of the molecule is C=CCN1CC(=O)N2C(CN(Cc3cccc(N4CC(N5CCN(CC)[C@@H](C)C5)C4)n3)C(=O)[C@@H]2Cc2ccc(O)cc2)N1C(=O)CCc1ccccc1. The van der Waals surface area contributed by atoms with Crippen LogP contribution in [0.25, 0.3) is 0 Å². The van der Waals surface area contributed by atoms with E-state index in [-0.39, 0.29) is 55.9 Å². The van der Waals surface area contributed by atoms with Gasteiger partial charge in [-0.2, -0.15) is 0 Å². The highest BCUT2D eigenvalue weighted by molar-refractivity contribution is 5.92. The molecule has 0 spiro atoms. The van der Waals surface area contributed by atoms with Gasteiger partial charge in [0.05, 0.1) is 25.3 Å². The van der Waals surface area contributed by atoms with Crippen molar-refractivity contribution in [1.82, 2.24) is 34.6 Å². The lowest BCUT2D eigenvalue weighted by molar-refractivity contribution is -0.205. The average Bonchev–Trinajstić information content (AvgIpc) is 3.13. The van der Waals surface area contributed by atoms with Gasteiger partial charge in [0, 0.05) is 64.2 Å². The second-order valence-corrected chi connectivity index (χ2v) is 14.8. The molecule has 3 amide bonds. The first-order valence-electron chi connectivity index (χ1n) is 19.0. The van der Waals surface area contributed by atoms with E-state index >= 15 is 0 Å². The second-order valence-electron chi connectivity index (χ2n) is 14.8. The Balaban J connectivity index is 1.12. The number of hydrogen-bond donors (Lipinski definition) is 1. The zero-order valence-corrected chi connectivity index (χ0v) is 31.0. The van der Waals surface area contributed by atoms with E-state index in [1.807, 2.05) is 48.5 Å². The minimum atomic E-state index is -0.837. The number of anilines is 1. The van der Waals surface area contributed by atoms with Crippen molar-refractivity contribution in [1.29, 1.82) is 0 Å². The van der Waals surface area contributed by atoms with E-state index in [2.05, 4.69) is 35.1 Å². The highest BCUT2D eigenvalue weighted by Crippen LogP contribution is 2.31. The maximum atomic E-state index is 14.5. The normalized spacial score (nSPS) is 23.2. The molecular weight excluding hydrogens is 669 g/mol. The first kappa shape index (κ1) is 36.6. The summed E-state index contributed by atoms with van der Waals surface area (Å²) in [6, 6.07) is 22.8. The summed E-state index contributed by atoms with van der Waals surface area (Å²) in [7, 11) is 0. The van der Waals surface area contributed by atoms with Gasteiger partial charge in [-0.05, 0) is 55.3 Å². The van der Waals surface area contributed by atoms with Crippen LogP contribution < -0.4 is 4.90 Å². The zero-order chi connectivity index (χ0) is 37.1. The van der Waals surface area contributed by atoms with Gasteiger partial charge < -0.3 is 19.8 Å². The summed E-state index contributed by atoms with van der Waals surface area (Å²) in [6.45, 7) is 15.3. The third-order valence-electron chi connectivity index (χ3n) is 11.3. The van der Waals surface area contributed by atoms with Gasteiger partial charge in [0.15, 0.2) is 0 Å². The van der Waals surface area contributed by atoms with Gasteiger partial charge in [-0.1, -0.05) is 61.5 Å². The van der Waals surface area contributed by atoms with Crippen LogP contribution in [0.15, 0.2) is 85.5 Å². The molecule has 12 nitrogen and oxygen atoms in total. The van der Waals surface area contributed by atoms with Gasteiger partial charge in [-0.15, -0.1) is 6.58 Å². The Morgan fingerprint density at radius 2 is 1.72 bits per heavy atom. The van der Waals surface area contributed by atoms with Gasteiger partial charge in [-0.3, -0.25) is 24.2 Å². The van der Waals surface area contributed by atoms with Gasteiger partial charge >= 0.3 is 0 Å². The number of piperazine rings is 2. The number of aromatic nitrogens is 1. The summed E-state index contributed by atoms with van der Waals surface area (Å²) >= 11 is 0. The molecule has 53 heavy (non-hydrogen) atoms. The van der Waals surface area contributed by atoms with E-state index in [1.165, 1.54) is 0 Å². The Labute approximate surface area is 312 Å². The summed E-state index contributed by atoms with van der Waals surface area (Å²) in [5.74, 6) is 0.509. The number of pyridine rings is 1. The molecule has 1 N–H and O–H groups in total. The second kappa shape index (κ2) is 16.1. The lowest BCUT2D eigenvalue weighted by Crippen LogP contribution is -2.75. The van der Waals surface area contributed by atoms with E-state index in [0.717, 1.165) is 61.9 Å². The number of phenolic OH excluding ortho intramolecular Hbond substituents is 1. The summed E-state index contributed by atoms with van der Waals surface area (Å²) < 4.78 is 0. The molecule has 3 aromatic rings. The van der Waals surface area contributed by atoms with Crippen molar-refractivity contribution in [2.45, 2.75) is 63.9 Å². The van der Waals surface area contributed by atoms with E-state index in [9.17, 15) is 19.5 Å². The molecule has 12 heteroatoms. The van der Waals surface area contributed by atoms with E-state index in [1.54, 1.807) is 50.2 Å². The number of rotatable bonds is 12. The van der Waals surface area contributed by atoms with Crippen molar-refractivity contribution < 1.29 is 19.5 Å². The Morgan fingerprint density at radius 3 is 2.43 bits per heavy atom. The maximum Gasteiger partial charge on any atom is 0.246 e. The van der Waals surface area contributed by atoms with Crippen LogP contribution >= 0.6 is 0 Å². The van der Waals surface area contributed by atoms with Crippen molar-refractivity contribution in [3.05, 3.63) is 102 Å². The monoisotopic (exact) mass is 720 g/mol. The number of carbonyl (C=O) groups is 3. The van der Waals surface area contributed by atoms with E-state index in [0.29, 0.717) is 25.0 Å². The third kappa shape index (κ3) is 7.95. The number of nitrogens with zero attached hydrogens (tertiary/aromatic N) is 8. The number of aryl methyl sites for hydroxylation is 1. The number of benzene rings is 2. The maximum absolute atomic E-state index is 14.5. The average molecular weight is 721 g/mol. The Morgan fingerprint density at radius 1 is 0.943 bits per heavy atom. The van der Waals surface area contributed by atoms with Crippen LogP contribution in [0.4, 0.5) is 5.82 Å². The number of hydrazine groups is 1. The number of aromatic hydroxyl groups is 1. The number of carbonyl (C=O) groups excluding carboxylic acids is 3. The lowest BCUT2D eigenvalue weighted by Gasteiger charge is -2.55. The topological polar surface area (TPSA) is 107 Å². The summed E-state index contributed by atoms with van der Waals surface area (Å²) in [5.41, 5.74) is 2.62. The smallest absolute Gasteiger partial charge is 0.246 e. The van der Waals surface area contributed by atoms with Crippen LogP contribution in [0, 0.1) is 0 Å². The molecule has 3 atom stereocenters. The fourth-order valence-corrected chi connectivity index (χ4v) is 8.39. The van der Waals surface area contributed by atoms with Crippen LogP contribution in [0.3, 0.4) is 0 Å². The van der Waals surface area contributed by atoms with Gasteiger partial charge in [0.2, 0.25) is 17.7 Å². The molecule has 1 unspecified atom stereocenters. The van der Waals surface area contributed by atoms with Crippen LogP contribution in [0.5, 0.6) is 5.75 Å². The minimum absolute atomic E-state index is 0.0351. The predicted octanol–water partition coefficient (Wildman–Crippen LogP) is 2.99. The molecule has 0 saturated carbocycles. The summed E-state index contributed by atoms with van der Waals surface area (Å²) in [6.07, 6.45) is 2.05. The van der Waals surface area contributed by atoms with Gasteiger partial charge in [0.1, 0.15) is 23.8 Å². The number of fused-ring (bicyclic) bond motifs is 1.